The second-order valence-electron chi connectivity index (χ2n) is 7.95. The number of halogens is 1. The van der Waals surface area contributed by atoms with Crippen molar-refractivity contribution in [3.05, 3.63) is 29.8 Å². The van der Waals surface area contributed by atoms with Crippen molar-refractivity contribution >= 4 is 40.0 Å². The van der Waals surface area contributed by atoms with Gasteiger partial charge in [-0.05, 0) is 76.9 Å². The van der Waals surface area contributed by atoms with Crippen LogP contribution in [0, 0.1) is 0 Å². The summed E-state index contributed by atoms with van der Waals surface area (Å²) < 4.78 is 27.3. The van der Waals surface area contributed by atoms with Crippen LogP contribution in [-0.4, -0.2) is 57.5 Å². The summed E-state index contributed by atoms with van der Waals surface area (Å²) in [4.78, 5) is 7.42. The van der Waals surface area contributed by atoms with Gasteiger partial charge in [-0.15, -0.1) is 24.0 Å². The third-order valence-electron chi connectivity index (χ3n) is 5.29. The van der Waals surface area contributed by atoms with Crippen LogP contribution in [0.4, 0.5) is 0 Å². The van der Waals surface area contributed by atoms with Gasteiger partial charge >= 0.3 is 0 Å². The lowest BCUT2D eigenvalue weighted by atomic mass is 10.2. The predicted molar refractivity (Wildman–Crippen MR) is 140 cm³/mol. The van der Waals surface area contributed by atoms with Crippen LogP contribution in [0.1, 0.15) is 58.9 Å². The highest BCUT2D eigenvalue weighted by molar-refractivity contribution is 14.0. The van der Waals surface area contributed by atoms with Crippen molar-refractivity contribution in [1.29, 1.82) is 0 Å². The summed E-state index contributed by atoms with van der Waals surface area (Å²) in [6, 6.07) is 7.43. The molecule has 0 radical (unpaired) electrons. The molecule has 1 aliphatic rings. The van der Waals surface area contributed by atoms with Gasteiger partial charge in [0.15, 0.2) is 5.96 Å². The molecule has 7 nitrogen and oxygen atoms in total. The Morgan fingerprint density at radius 1 is 1.16 bits per heavy atom. The summed E-state index contributed by atoms with van der Waals surface area (Å²) in [5, 5.41) is 6.77. The molecule has 9 heteroatoms. The highest BCUT2D eigenvalue weighted by Crippen LogP contribution is 2.22. The van der Waals surface area contributed by atoms with E-state index in [1.807, 2.05) is 12.1 Å². The first-order chi connectivity index (χ1) is 14.4. The third-order valence-corrected chi connectivity index (χ3v) is 6.82. The average molecular weight is 566 g/mol. The minimum Gasteiger partial charge on any atom is -0.357 e. The lowest BCUT2D eigenvalue weighted by Gasteiger charge is -2.21. The van der Waals surface area contributed by atoms with Gasteiger partial charge in [-0.3, -0.25) is 0 Å². The molecule has 178 valence electrons. The molecule has 1 saturated carbocycles. The van der Waals surface area contributed by atoms with Crippen LogP contribution in [0.15, 0.2) is 34.2 Å². The fraction of sp³-hybridized carbons (Fsp3) is 0.682. The van der Waals surface area contributed by atoms with Gasteiger partial charge in [-0.2, -0.15) is 0 Å². The number of aliphatic imine (C=N–C) groups is 1. The largest absolute Gasteiger partial charge is 0.357 e. The number of nitrogens with zero attached hydrogens (tertiary/aromatic N) is 2. The highest BCUT2D eigenvalue weighted by atomic mass is 127. The lowest BCUT2D eigenvalue weighted by molar-refractivity contribution is 0.292. The Kier molecular flexibility index (Phi) is 13.0. The molecular formula is C22H40IN5O2S. The molecule has 1 fully saturated rings. The molecule has 0 heterocycles. The molecule has 2 rings (SSSR count). The maximum absolute atomic E-state index is 12.3. The monoisotopic (exact) mass is 565 g/mol. The Balaban J connectivity index is 0.00000480. The van der Waals surface area contributed by atoms with Gasteiger partial charge in [0.2, 0.25) is 10.0 Å². The maximum Gasteiger partial charge on any atom is 0.240 e. The van der Waals surface area contributed by atoms with Crippen LogP contribution in [0.25, 0.3) is 0 Å². The number of hydrogen-bond donors (Lipinski definition) is 3. The molecule has 0 saturated heterocycles. The second kappa shape index (κ2) is 14.3. The summed E-state index contributed by atoms with van der Waals surface area (Å²) in [6.07, 6.45) is 4.10. The fourth-order valence-electron chi connectivity index (χ4n) is 3.22. The van der Waals surface area contributed by atoms with Crippen LogP contribution >= 0.6 is 24.0 Å². The number of hydrogen-bond acceptors (Lipinski definition) is 4. The number of guanidine groups is 1. The number of rotatable bonds is 13. The van der Waals surface area contributed by atoms with E-state index in [-0.39, 0.29) is 30.0 Å². The van der Waals surface area contributed by atoms with E-state index in [1.165, 1.54) is 0 Å². The first-order valence-corrected chi connectivity index (χ1v) is 12.7. The molecule has 1 aliphatic carbocycles. The summed E-state index contributed by atoms with van der Waals surface area (Å²) in [5.41, 5.74) is 0.978. The minimum absolute atomic E-state index is 0. The van der Waals surface area contributed by atoms with Gasteiger partial charge in [0.1, 0.15) is 0 Å². The first kappa shape index (κ1) is 28.1. The Bertz CT molecular complexity index is 763. The topological polar surface area (TPSA) is 85.8 Å². The molecule has 0 aliphatic heterocycles. The molecule has 1 unspecified atom stereocenters. The van der Waals surface area contributed by atoms with Crippen molar-refractivity contribution in [2.75, 3.05) is 26.2 Å². The quantitative estimate of drug-likeness (QED) is 0.194. The molecule has 0 amide bonds. The van der Waals surface area contributed by atoms with E-state index in [9.17, 15) is 8.42 Å². The van der Waals surface area contributed by atoms with Gasteiger partial charge in [0, 0.05) is 18.6 Å². The van der Waals surface area contributed by atoms with Crippen molar-refractivity contribution in [3.8, 4) is 0 Å². The first-order valence-electron chi connectivity index (χ1n) is 11.3. The van der Waals surface area contributed by atoms with Gasteiger partial charge in [-0.25, -0.2) is 18.1 Å². The van der Waals surface area contributed by atoms with Crippen LogP contribution in [-0.2, 0) is 16.6 Å². The van der Waals surface area contributed by atoms with Crippen LogP contribution in [0.5, 0.6) is 0 Å². The van der Waals surface area contributed by atoms with Crippen LogP contribution in [0.3, 0.4) is 0 Å². The van der Waals surface area contributed by atoms with E-state index in [4.69, 9.17) is 0 Å². The molecule has 31 heavy (non-hydrogen) atoms. The van der Waals surface area contributed by atoms with Crippen molar-refractivity contribution in [2.45, 2.75) is 76.9 Å². The molecule has 0 aromatic heterocycles. The van der Waals surface area contributed by atoms with Gasteiger partial charge < -0.3 is 15.5 Å². The highest BCUT2D eigenvalue weighted by Gasteiger charge is 2.27. The summed E-state index contributed by atoms with van der Waals surface area (Å²) in [5.74, 6) is 0.792. The smallest absolute Gasteiger partial charge is 0.240 e. The minimum atomic E-state index is -3.40. The van der Waals surface area contributed by atoms with E-state index in [2.05, 4.69) is 52.9 Å². The predicted octanol–water partition coefficient (Wildman–Crippen LogP) is 3.31. The Labute approximate surface area is 205 Å². The van der Waals surface area contributed by atoms with E-state index < -0.39 is 10.0 Å². The third kappa shape index (κ3) is 10.5. The van der Waals surface area contributed by atoms with Crippen molar-refractivity contribution in [3.63, 3.8) is 0 Å². The molecule has 0 bridgehead atoms. The Morgan fingerprint density at radius 3 is 2.35 bits per heavy atom. The molecule has 0 spiro atoms. The zero-order valence-electron chi connectivity index (χ0n) is 19.4. The van der Waals surface area contributed by atoms with Crippen LogP contribution < -0.4 is 15.4 Å². The van der Waals surface area contributed by atoms with Gasteiger partial charge in [0.25, 0.3) is 0 Å². The molecule has 3 N–H and O–H groups in total. The molecule has 1 aromatic carbocycles. The van der Waals surface area contributed by atoms with Gasteiger partial charge in [-0.1, -0.05) is 26.0 Å². The van der Waals surface area contributed by atoms with Crippen molar-refractivity contribution in [2.24, 2.45) is 4.99 Å². The summed E-state index contributed by atoms with van der Waals surface area (Å²) in [7, 11) is -3.40. The number of sulfonamides is 1. The van der Waals surface area contributed by atoms with Crippen molar-refractivity contribution < 1.29 is 8.42 Å². The maximum atomic E-state index is 12.3. The Hall–Kier alpha value is -0.910. The lowest BCUT2D eigenvalue weighted by Crippen LogP contribution is -2.42. The summed E-state index contributed by atoms with van der Waals surface area (Å²) in [6.45, 7) is 13.2. The zero-order valence-corrected chi connectivity index (χ0v) is 22.5. The average Bonchev–Trinajstić information content (AvgIpc) is 3.53. The number of benzene rings is 1. The van der Waals surface area contributed by atoms with E-state index >= 15 is 0 Å². The molecule has 1 atom stereocenters. The zero-order chi connectivity index (χ0) is 22.0. The Morgan fingerprint density at radius 2 is 1.81 bits per heavy atom. The standard InChI is InChI=1S/C22H39N5O2S.HI/c1-5-23-22(25-18(4)9-8-16-27(6-2)7-3)24-17-19-10-14-21(15-11-19)30(28,29)26-20-12-13-20;/h10-11,14-15,18,20,26H,5-9,12-13,16-17H2,1-4H3,(H2,23,24,25);1H. The van der Waals surface area contributed by atoms with E-state index in [1.54, 1.807) is 12.1 Å². The van der Waals surface area contributed by atoms with E-state index in [0.717, 1.165) is 63.4 Å². The second-order valence-corrected chi connectivity index (χ2v) is 9.66. The normalized spacial score (nSPS) is 15.5. The number of nitrogens with one attached hydrogen (secondary N) is 3. The van der Waals surface area contributed by atoms with E-state index in [0.29, 0.717) is 17.5 Å². The fourth-order valence-corrected chi connectivity index (χ4v) is 4.52. The summed E-state index contributed by atoms with van der Waals surface area (Å²) >= 11 is 0. The van der Waals surface area contributed by atoms with Gasteiger partial charge in [0.05, 0.1) is 11.4 Å². The van der Waals surface area contributed by atoms with Crippen molar-refractivity contribution in [1.82, 2.24) is 20.3 Å². The SMILES string of the molecule is CCNC(=NCc1ccc(S(=O)(=O)NC2CC2)cc1)NC(C)CCCN(CC)CC.I. The van der Waals surface area contributed by atoms with Crippen LogP contribution in [0.2, 0.25) is 0 Å². The molecule has 1 aromatic rings. The molecular weight excluding hydrogens is 525 g/mol.